The van der Waals surface area contributed by atoms with Crippen LogP contribution in [0.25, 0.3) is 0 Å². The molecule has 0 bridgehead atoms. The minimum absolute atomic E-state index is 0.0885. The van der Waals surface area contributed by atoms with Gasteiger partial charge in [0.2, 0.25) is 0 Å². The van der Waals surface area contributed by atoms with Crippen LogP contribution in [0.2, 0.25) is 0 Å². The molecule has 0 aliphatic carbocycles. The lowest BCUT2D eigenvalue weighted by Crippen LogP contribution is -2.82. The number of rotatable bonds is 4. The summed E-state index contributed by atoms with van der Waals surface area (Å²) >= 11 is 0. The molecule has 2 aliphatic heterocycles. The minimum Gasteiger partial charge on any atom is -0.244 e. The summed E-state index contributed by atoms with van der Waals surface area (Å²) in [6.45, 7) is 22.8. The standard InChI is InChI=1S/C18H40N4/c1-10-19-13-17(7)22(9,12-3)18(19)20(15(4)5)16(6)14-21(18,8)11-2/h15-17H,10-14H2,1-9H3/q+2/t16?,17?,18?,21-,22-/m1/s1. The molecular weight excluding hydrogens is 272 g/mol. The van der Waals surface area contributed by atoms with Crippen molar-refractivity contribution in [3.63, 3.8) is 0 Å². The Morgan fingerprint density at radius 3 is 2.09 bits per heavy atom. The molecule has 5 atom stereocenters. The summed E-state index contributed by atoms with van der Waals surface area (Å²) in [4.78, 5) is 5.65. The zero-order chi connectivity index (χ0) is 16.9. The van der Waals surface area contributed by atoms with Crippen molar-refractivity contribution in [2.24, 2.45) is 0 Å². The molecule has 0 N–H and O–H groups in total. The molecule has 22 heavy (non-hydrogen) atoms. The van der Waals surface area contributed by atoms with Crippen LogP contribution in [0.5, 0.6) is 0 Å². The molecule has 2 aliphatic rings. The molecule has 0 aromatic heterocycles. The SMILES string of the molecule is CCN1CC(C)[N@@+](C)(CC)C12N(C(C)C)C(C)C[N@@+]2(C)CC. The van der Waals surface area contributed by atoms with Gasteiger partial charge in [0.15, 0.2) is 0 Å². The lowest BCUT2D eigenvalue weighted by molar-refractivity contribution is -1.17. The van der Waals surface area contributed by atoms with Gasteiger partial charge in [-0.25, -0.2) is 8.97 Å². The Hall–Kier alpha value is -0.160. The van der Waals surface area contributed by atoms with Crippen LogP contribution in [0.4, 0.5) is 0 Å². The van der Waals surface area contributed by atoms with Crippen LogP contribution in [-0.2, 0) is 0 Å². The van der Waals surface area contributed by atoms with Crippen molar-refractivity contribution in [1.29, 1.82) is 0 Å². The molecule has 2 heterocycles. The Bertz CT molecular complexity index is 412. The molecule has 2 rings (SSSR count). The van der Waals surface area contributed by atoms with Crippen molar-refractivity contribution in [3.8, 4) is 0 Å². The van der Waals surface area contributed by atoms with E-state index < -0.39 is 0 Å². The van der Waals surface area contributed by atoms with Gasteiger partial charge in [-0.15, -0.1) is 0 Å². The lowest BCUT2D eigenvalue weighted by atomic mass is 10.2. The number of hydrogen-bond donors (Lipinski definition) is 0. The Morgan fingerprint density at radius 1 is 1.09 bits per heavy atom. The van der Waals surface area contributed by atoms with Crippen LogP contribution in [0.15, 0.2) is 0 Å². The average molecular weight is 313 g/mol. The van der Waals surface area contributed by atoms with Crippen molar-refractivity contribution in [2.45, 2.75) is 72.5 Å². The van der Waals surface area contributed by atoms with Crippen LogP contribution in [0.3, 0.4) is 0 Å². The Balaban J connectivity index is 2.75. The highest BCUT2D eigenvalue weighted by molar-refractivity contribution is 4.93. The normalized spacial score (nSPS) is 47.2. The summed E-state index contributed by atoms with van der Waals surface area (Å²) in [5.74, 6) is 0.0885. The van der Waals surface area contributed by atoms with Crippen molar-refractivity contribution in [3.05, 3.63) is 0 Å². The first-order chi connectivity index (χ1) is 10.2. The second-order valence-electron chi connectivity index (χ2n) is 8.32. The third-order valence-corrected chi connectivity index (χ3v) is 7.07. The van der Waals surface area contributed by atoms with Crippen molar-refractivity contribution in [2.75, 3.05) is 46.8 Å². The molecule has 2 fully saturated rings. The van der Waals surface area contributed by atoms with Gasteiger partial charge < -0.3 is 0 Å². The summed E-state index contributed by atoms with van der Waals surface area (Å²) < 4.78 is 2.29. The maximum Gasteiger partial charge on any atom is 0.357 e. The van der Waals surface area contributed by atoms with E-state index in [2.05, 4.69) is 72.4 Å². The van der Waals surface area contributed by atoms with Crippen LogP contribution >= 0.6 is 0 Å². The summed E-state index contributed by atoms with van der Waals surface area (Å²) in [7, 11) is 5.02. The number of likely N-dealkylation sites (N-methyl/N-ethyl adjacent to an activating group) is 3. The van der Waals surface area contributed by atoms with E-state index in [0.29, 0.717) is 18.1 Å². The first-order valence-corrected chi connectivity index (χ1v) is 9.39. The first-order valence-electron chi connectivity index (χ1n) is 9.39. The summed E-state index contributed by atoms with van der Waals surface area (Å²) in [6.07, 6.45) is 0. The van der Waals surface area contributed by atoms with E-state index in [-0.39, 0.29) is 5.91 Å². The van der Waals surface area contributed by atoms with Crippen LogP contribution in [-0.4, -0.2) is 89.6 Å². The molecule has 4 heteroatoms. The van der Waals surface area contributed by atoms with Crippen LogP contribution in [0, 0.1) is 0 Å². The summed E-state index contributed by atoms with van der Waals surface area (Å²) in [5.41, 5.74) is 0. The largest absolute Gasteiger partial charge is 0.357 e. The monoisotopic (exact) mass is 312 g/mol. The van der Waals surface area contributed by atoms with Gasteiger partial charge in [0.25, 0.3) is 0 Å². The van der Waals surface area contributed by atoms with Gasteiger partial charge >= 0.3 is 5.91 Å². The molecule has 0 aromatic rings. The number of quaternary nitrogens is 2. The fourth-order valence-corrected chi connectivity index (χ4v) is 5.99. The lowest BCUT2D eigenvalue weighted by Gasteiger charge is -2.57. The second-order valence-corrected chi connectivity index (χ2v) is 8.32. The van der Waals surface area contributed by atoms with Crippen molar-refractivity contribution < 1.29 is 8.97 Å². The topological polar surface area (TPSA) is 6.48 Å². The van der Waals surface area contributed by atoms with E-state index in [1.54, 1.807) is 0 Å². The fraction of sp³-hybridized carbons (Fsp3) is 1.00. The molecule has 0 saturated carbocycles. The van der Waals surface area contributed by atoms with Gasteiger partial charge in [-0.3, -0.25) is 0 Å². The predicted octanol–water partition coefficient (Wildman–Crippen LogP) is 2.37. The Morgan fingerprint density at radius 2 is 1.68 bits per heavy atom. The molecule has 3 unspecified atom stereocenters. The second kappa shape index (κ2) is 5.73. The number of nitrogens with zero attached hydrogens (tertiary/aromatic N) is 4. The molecule has 0 radical (unpaired) electrons. The third-order valence-electron chi connectivity index (χ3n) is 7.07. The van der Waals surface area contributed by atoms with Gasteiger partial charge in [0, 0.05) is 12.6 Å². The highest BCUT2D eigenvalue weighted by Crippen LogP contribution is 2.51. The third kappa shape index (κ3) is 1.90. The van der Waals surface area contributed by atoms with Gasteiger partial charge in [-0.05, 0) is 41.5 Å². The number of hydrogen-bond acceptors (Lipinski definition) is 2. The highest BCUT2D eigenvalue weighted by atomic mass is 15.9. The maximum absolute atomic E-state index is 2.85. The van der Waals surface area contributed by atoms with Crippen molar-refractivity contribution in [1.82, 2.24) is 9.80 Å². The van der Waals surface area contributed by atoms with E-state index in [4.69, 9.17) is 0 Å². The quantitative estimate of drug-likeness (QED) is 0.735. The van der Waals surface area contributed by atoms with Crippen molar-refractivity contribution >= 4 is 0 Å². The predicted molar refractivity (Wildman–Crippen MR) is 94.2 cm³/mol. The van der Waals surface area contributed by atoms with E-state index in [0.717, 1.165) is 15.5 Å². The molecule has 130 valence electrons. The van der Waals surface area contributed by atoms with E-state index in [9.17, 15) is 0 Å². The minimum atomic E-state index is 0.0885. The fourth-order valence-electron chi connectivity index (χ4n) is 5.99. The zero-order valence-corrected chi connectivity index (χ0v) is 16.6. The zero-order valence-electron chi connectivity index (χ0n) is 16.6. The smallest absolute Gasteiger partial charge is 0.244 e. The Kier molecular flexibility index (Phi) is 4.73. The molecule has 4 nitrogen and oxygen atoms in total. The average Bonchev–Trinajstić information content (AvgIpc) is 2.84. The molecule has 0 amide bonds. The van der Waals surface area contributed by atoms with Crippen LogP contribution < -0.4 is 0 Å². The molecule has 1 spiro atoms. The maximum atomic E-state index is 2.85. The summed E-state index contributed by atoms with van der Waals surface area (Å²) in [6, 6.07) is 1.89. The molecule has 0 aromatic carbocycles. The van der Waals surface area contributed by atoms with E-state index in [1.807, 2.05) is 0 Å². The molecular formula is C18H40N4+2. The Labute approximate surface area is 138 Å². The van der Waals surface area contributed by atoms with Crippen LogP contribution in [0.1, 0.15) is 48.5 Å². The van der Waals surface area contributed by atoms with Gasteiger partial charge in [0.1, 0.15) is 12.6 Å². The molecule has 2 saturated heterocycles. The van der Waals surface area contributed by atoms with Gasteiger partial charge in [-0.2, -0.15) is 9.80 Å². The van der Waals surface area contributed by atoms with E-state index >= 15 is 0 Å². The highest BCUT2D eigenvalue weighted by Gasteiger charge is 2.77. The van der Waals surface area contributed by atoms with Gasteiger partial charge in [0.05, 0.1) is 39.8 Å². The van der Waals surface area contributed by atoms with Gasteiger partial charge in [-0.1, -0.05) is 6.92 Å². The summed E-state index contributed by atoms with van der Waals surface area (Å²) in [5, 5.41) is 0. The van der Waals surface area contributed by atoms with E-state index in [1.165, 1.54) is 26.2 Å². The first kappa shape index (κ1) is 18.2.